The molecule has 1 aromatic rings. The molecule has 4 rings (SSSR count). The number of amides is 1. The lowest BCUT2D eigenvalue weighted by atomic mass is 9.75. The van der Waals surface area contributed by atoms with Crippen LogP contribution in [0.1, 0.15) is 46.6 Å². The molecule has 5 atom stereocenters. The molecule has 186 valence electrons. The largest absolute Gasteiger partial charge is 0.456 e. The summed E-state index contributed by atoms with van der Waals surface area (Å²) in [5.41, 5.74) is 1.16. The van der Waals surface area contributed by atoms with Crippen LogP contribution in [0.4, 0.5) is 0 Å². The highest BCUT2D eigenvalue weighted by molar-refractivity contribution is 6.74. The Morgan fingerprint density at radius 3 is 2.50 bits per heavy atom. The molecule has 0 radical (unpaired) electrons. The summed E-state index contributed by atoms with van der Waals surface area (Å²) in [6, 6.07) is 9.18. The topological polar surface area (TPSA) is 74.3 Å². The fourth-order valence-electron chi connectivity index (χ4n) is 5.15. The Kier molecular flexibility index (Phi) is 6.34. The molecule has 1 aromatic carbocycles. The number of rotatable bonds is 7. The monoisotopic (exact) mass is 487 g/mol. The van der Waals surface area contributed by atoms with E-state index >= 15 is 0 Å². The predicted molar refractivity (Wildman–Crippen MR) is 130 cm³/mol. The Balaban J connectivity index is 1.60. The van der Waals surface area contributed by atoms with Crippen LogP contribution in [-0.4, -0.2) is 56.2 Å². The van der Waals surface area contributed by atoms with Crippen LogP contribution in [-0.2, 0) is 34.8 Å². The fourth-order valence-corrected chi connectivity index (χ4v) is 6.58. The minimum atomic E-state index is -2.10. The lowest BCUT2D eigenvalue weighted by Crippen LogP contribution is -2.69. The van der Waals surface area contributed by atoms with Gasteiger partial charge in [0.25, 0.3) is 0 Å². The van der Waals surface area contributed by atoms with Crippen molar-refractivity contribution in [3.63, 3.8) is 0 Å². The molecule has 3 aliphatic rings. The average Bonchev–Trinajstić information content (AvgIpc) is 3.19. The summed E-state index contributed by atoms with van der Waals surface area (Å²) < 4.78 is 24.0. The maximum atomic E-state index is 13.5. The van der Waals surface area contributed by atoms with E-state index in [4.69, 9.17) is 18.6 Å². The summed E-state index contributed by atoms with van der Waals surface area (Å²) in [6.07, 6.45) is -0.336. The van der Waals surface area contributed by atoms with Crippen molar-refractivity contribution >= 4 is 20.2 Å². The normalized spacial score (nSPS) is 29.6. The molecule has 0 bridgehead atoms. The number of carbonyl (C=O) groups is 2. The van der Waals surface area contributed by atoms with Gasteiger partial charge in [-0.25, -0.2) is 4.79 Å². The highest BCUT2D eigenvalue weighted by Crippen LogP contribution is 2.56. The van der Waals surface area contributed by atoms with Gasteiger partial charge in [-0.2, -0.15) is 0 Å². The molecule has 0 unspecified atom stereocenters. The zero-order valence-electron chi connectivity index (χ0n) is 21.5. The summed E-state index contributed by atoms with van der Waals surface area (Å²) in [6.45, 7) is 15.0. The molecule has 3 heterocycles. The second-order valence-electron chi connectivity index (χ2n) is 11.2. The third-order valence-corrected chi connectivity index (χ3v) is 12.6. The smallest absolute Gasteiger partial charge is 0.355 e. The standard InChI is InChI=1S/C26H37NO6Si/c1-16(33-34(7,8)25(2,3)4)20-22-26(5)18(14-19(30-6)32-26)21(27(22)23(20)28)24(29)31-15-17-12-10-9-11-13-17/h9-13,16,19-20,22H,14-15H2,1-8H3/t16-,19+,20-,22+,26+/m1/s1. The van der Waals surface area contributed by atoms with Crippen LogP contribution < -0.4 is 0 Å². The zero-order chi connectivity index (χ0) is 25.1. The van der Waals surface area contributed by atoms with Crippen molar-refractivity contribution in [1.29, 1.82) is 0 Å². The first-order valence-electron chi connectivity index (χ1n) is 12.0. The van der Waals surface area contributed by atoms with E-state index in [1.54, 1.807) is 12.0 Å². The quantitative estimate of drug-likeness (QED) is 0.323. The maximum Gasteiger partial charge on any atom is 0.355 e. The van der Waals surface area contributed by atoms with Gasteiger partial charge in [0.2, 0.25) is 5.91 Å². The van der Waals surface area contributed by atoms with Gasteiger partial charge in [-0.1, -0.05) is 51.1 Å². The number of benzene rings is 1. The fraction of sp³-hybridized carbons (Fsp3) is 0.615. The minimum absolute atomic E-state index is 0.0220. The number of nitrogens with zero attached hydrogens (tertiary/aromatic N) is 1. The Morgan fingerprint density at radius 2 is 1.91 bits per heavy atom. The molecule has 0 spiro atoms. The molecule has 2 fully saturated rings. The van der Waals surface area contributed by atoms with Gasteiger partial charge in [0.15, 0.2) is 14.6 Å². The Hall–Kier alpha value is -2.00. The number of carbonyl (C=O) groups excluding carboxylic acids is 2. The molecule has 34 heavy (non-hydrogen) atoms. The van der Waals surface area contributed by atoms with Crippen molar-refractivity contribution < 1.29 is 28.2 Å². The predicted octanol–water partition coefficient (Wildman–Crippen LogP) is 4.39. The molecule has 3 aliphatic heterocycles. The lowest BCUT2D eigenvalue weighted by Gasteiger charge is -2.52. The van der Waals surface area contributed by atoms with Crippen molar-refractivity contribution in [3.05, 3.63) is 47.2 Å². The average molecular weight is 488 g/mol. The number of methoxy groups -OCH3 is 1. The molecule has 0 aromatic heterocycles. The van der Waals surface area contributed by atoms with Crippen molar-refractivity contribution in [2.75, 3.05) is 7.11 Å². The van der Waals surface area contributed by atoms with Gasteiger partial charge in [0.1, 0.15) is 17.9 Å². The van der Waals surface area contributed by atoms with Crippen LogP contribution in [0.3, 0.4) is 0 Å². The first-order chi connectivity index (χ1) is 15.8. The van der Waals surface area contributed by atoms with E-state index in [1.165, 1.54) is 0 Å². The number of hydrogen-bond acceptors (Lipinski definition) is 6. The second kappa shape index (κ2) is 8.59. The molecule has 0 saturated carbocycles. The van der Waals surface area contributed by atoms with E-state index in [0.29, 0.717) is 12.1 Å². The summed E-state index contributed by atoms with van der Waals surface area (Å²) in [7, 11) is -0.505. The molecule has 8 heteroatoms. The van der Waals surface area contributed by atoms with Gasteiger partial charge in [-0.05, 0) is 43.1 Å². The van der Waals surface area contributed by atoms with Crippen LogP contribution in [0.2, 0.25) is 18.1 Å². The molecule has 0 N–H and O–H groups in total. The van der Waals surface area contributed by atoms with E-state index in [0.717, 1.165) is 11.1 Å². The van der Waals surface area contributed by atoms with E-state index in [2.05, 4.69) is 33.9 Å². The van der Waals surface area contributed by atoms with E-state index in [9.17, 15) is 9.59 Å². The van der Waals surface area contributed by atoms with Crippen LogP contribution in [0.25, 0.3) is 0 Å². The molecular weight excluding hydrogens is 450 g/mol. The number of ether oxygens (including phenoxy) is 3. The maximum absolute atomic E-state index is 13.5. The zero-order valence-corrected chi connectivity index (χ0v) is 22.5. The first kappa shape index (κ1) is 25.1. The SMILES string of the molecule is CO[C@@H]1CC2=C(C(=O)OCc3ccccc3)N3C(=O)[C@H]([C@@H](C)O[Si](C)(C)C(C)(C)C)[C@H]3[C@@]2(C)O1. The first-order valence-corrected chi connectivity index (χ1v) is 14.9. The van der Waals surface area contributed by atoms with Crippen LogP contribution in [0.5, 0.6) is 0 Å². The molecule has 0 aliphatic carbocycles. The third kappa shape index (κ3) is 3.94. The Labute approximate surface area is 203 Å². The third-order valence-electron chi connectivity index (χ3n) is 8.04. The van der Waals surface area contributed by atoms with Crippen molar-refractivity contribution in [1.82, 2.24) is 4.90 Å². The van der Waals surface area contributed by atoms with Crippen LogP contribution in [0, 0.1) is 5.92 Å². The number of fused-ring (bicyclic) bond motifs is 3. The van der Waals surface area contributed by atoms with E-state index in [-0.39, 0.29) is 29.7 Å². The minimum Gasteiger partial charge on any atom is -0.456 e. The van der Waals surface area contributed by atoms with Gasteiger partial charge in [-0.15, -0.1) is 0 Å². The van der Waals surface area contributed by atoms with Crippen LogP contribution in [0.15, 0.2) is 41.6 Å². The Bertz CT molecular complexity index is 1000. The lowest BCUT2D eigenvalue weighted by molar-refractivity contribution is -0.198. The van der Waals surface area contributed by atoms with Crippen LogP contribution >= 0.6 is 0 Å². The number of β-lactam (4-membered cyclic amide) rings is 1. The molecule has 2 saturated heterocycles. The molecule has 1 amide bonds. The van der Waals surface area contributed by atoms with Gasteiger partial charge in [-0.3, -0.25) is 9.69 Å². The van der Waals surface area contributed by atoms with Gasteiger partial charge in [0.05, 0.1) is 18.1 Å². The molecule has 7 nitrogen and oxygen atoms in total. The second-order valence-corrected chi connectivity index (χ2v) is 16.0. The highest BCUT2D eigenvalue weighted by Gasteiger charge is 2.70. The number of esters is 1. The van der Waals surface area contributed by atoms with E-state index in [1.807, 2.05) is 44.2 Å². The molecular formula is C26H37NO6Si. The van der Waals surface area contributed by atoms with Crippen molar-refractivity contribution in [2.45, 2.75) is 89.8 Å². The Morgan fingerprint density at radius 1 is 1.26 bits per heavy atom. The summed E-state index contributed by atoms with van der Waals surface area (Å²) in [5, 5.41) is 0.0220. The van der Waals surface area contributed by atoms with Crippen molar-refractivity contribution in [3.8, 4) is 0 Å². The van der Waals surface area contributed by atoms with Gasteiger partial charge < -0.3 is 18.6 Å². The highest BCUT2D eigenvalue weighted by atomic mass is 28.4. The van der Waals surface area contributed by atoms with Gasteiger partial charge in [0, 0.05) is 13.5 Å². The summed E-state index contributed by atoms with van der Waals surface area (Å²) in [4.78, 5) is 28.3. The summed E-state index contributed by atoms with van der Waals surface area (Å²) >= 11 is 0. The summed E-state index contributed by atoms with van der Waals surface area (Å²) in [5.74, 6) is -1.01. The van der Waals surface area contributed by atoms with Crippen molar-refractivity contribution in [2.24, 2.45) is 5.92 Å². The number of hydrogen-bond donors (Lipinski definition) is 0. The van der Waals surface area contributed by atoms with E-state index < -0.39 is 32.1 Å². The van der Waals surface area contributed by atoms with Gasteiger partial charge >= 0.3 is 5.97 Å².